The van der Waals surface area contributed by atoms with Gasteiger partial charge in [0.25, 0.3) is 6.71 Å². The second-order valence-corrected chi connectivity index (χ2v) is 38.0. The first-order valence-corrected chi connectivity index (χ1v) is 43.7. The Kier molecular flexibility index (Phi) is 16.6. The van der Waals surface area contributed by atoms with E-state index < -0.39 is 0 Å². The lowest BCUT2D eigenvalue weighted by atomic mass is 9.33. The number of nitrogens with zero attached hydrogens (tertiary/aromatic N) is 5. The van der Waals surface area contributed by atoms with Gasteiger partial charge in [-0.2, -0.15) is 0 Å². The number of fused-ring (bicyclic) bond motifs is 14. The van der Waals surface area contributed by atoms with Gasteiger partial charge < -0.3 is 23.5 Å². The lowest BCUT2D eigenvalue weighted by molar-refractivity contribution is 0.403. The Morgan fingerprint density at radius 2 is 0.528 bits per heavy atom. The van der Waals surface area contributed by atoms with Gasteiger partial charge in [0.1, 0.15) is 0 Å². The molecular formula is C117H94BN5. The van der Waals surface area contributed by atoms with Crippen molar-refractivity contribution < 1.29 is 0 Å². The molecule has 1 aliphatic carbocycles. The van der Waals surface area contributed by atoms with Crippen molar-refractivity contribution in [1.29, 1.82) is 0 Å². The molecule has 0 fully saturated rings. The summed E-state index contributed by atoms with van der Waals surface area (Å²) in [6.45, 7) is 23.5. The highest BCUT2D eigenvalue weighted by atomic mass is 15.2. The maximum Gasteiger partial charge on any atom is 0.252 e. The van der Waals surface area contributed by atoms with E-state index in [2.05, 4.69) is 469 Å². The summed E-state index contributed by atoms with van der Waals surface area (Å²) in [6, 6.07) is 144. The van der Waals surface area contributed by atoms with Crippen LogP contribution < -0.4 is 26.2 Å². The van der Waals surface area contributed by atoms with E-state index in [-0.39, 0.29) is 28.4 Å². The summed E-state index contributed by atoms with van der Waals surface area (Å²) in [5.74, 6) is 0. The Labute approximate surface area is 720 Å². The van der Waals surface area contributed by atoms with Gasteiger partial charge in [-0.15, -0.1) is 0 Å². The molecule has 17 aromatic carbocycles. The minimum absolute atomic E-state index is 0.0432. The third kappa shape index (κ3) is 12.0. The largest absolute Gasteiger partial charge is 0.311 e. The van der Waals surface area contributed by atoms with Crippen LogP contribution in [-0.2, 0) is 21.7 Å². The average molecular weight is 1580 g/mol. The van der Waals surface area contributed by atoms with Crippen LogP contribution in [0.25, 0.3) is 149 Å². The first-order valence-electron chi connectivity index (χ1n) is 43.7. The predicted molar refractivity (Wildman–Crippen MR) is 524 cm³/mol. The maximum absolute atomic E-state index is 2.64. The van der Waals surface area contributed by atoms with Gasteiger partial charge >= 0.3 is 0 Å². The topological polar surface area (TPSA) is 21.3 Å². The van der Waals surface area contributed by atoms with E-state index in [1.807, 2.05) is 0 Å². The summed E-state index contributed by atoms with van der Waals surface area (Å²) in [6.07, 6.45) is 1.11. The van der Waals surface area contributed by atoms with Crippen LogP contribution in [0.4, 0.5) is 34.1 Å². The van der Waals surface area contributed by atoms with E-state index in [0.29, 0.717) is 0 Å². The second-order valence-electron chi connectivity index (χ2n) is 38.0. The molecule has 0 saturated carbocycles. The smallest absolute Gasteiger partial charge is 0.252 e. The molecule has 5 nitrogen and oxygen atoms in total. The lowest BCUT2D eigenvalue weighted by Gasteiger charge is -2.44. The summed E-state index contributed by atoms with van der Waals surface area (Å²) in [7, 11) is 0. The van der Waals surface area contributed by atoms with Gasteiger partial charge in [0.15, 0.2) is 0 Å². The lowest BCUT2D eigenvalue weighted by Crippen LogP contribution is -2.61. The van der Waals surface area contributed by atoms with Gasteiger partial charge in [0, 0.05) is 77.8 Å². The van der Waals surface area contributed by atoms with Gasteiger partial charge in [-0.25, -0.2) is 0 Å². The van der Waals surface area contributed by atoms with Crippen LogP contribution in [0.15, 0.2) is 376 Å². The zero-order valence-electron chi connectivity index (χ0n) is 71.3. The molecule has 5 heterocycles. The molecule has 0 radical (unpaired) electrons. The van der Waals surface area contributed by atoms with Gasteiger partial charge in [0.2, 0.25) is 0 Å². The number of benzene rings is 17. The highest BCUT2D eigenvalue weighted by Crippen LogP contribution is 2.53. The molecule has 0 spiro atoms. The van der Waals surface area contributed by atoms with E-state index in [1.165, 1.54) is 138 Å². The number of rotatable bonds is 11. The zero-order chi connectivity index (χ0) is 83.1. The molecular weight excluding hydrogens is 1490 g/mol. The monoisotopic (exact) mass is 1580 g/mol. The molecule has 3 aliphatic rings. The normalized spacial score (nSPS) is 14.0. The Balaban J connectivity index is 0.812. The Bertz CT molecular complexity index is 7420. The molecule has 0 saturated heterocycles. The highest BCUT2D eigenvalue weighted by Gasteiger charge is 2.46. The van der Waals surface area contributed by atoms with Crippen LogP contribution in [0, 0.1) is 0 Å². The highest BCUT2D eigenvalue weighted by molar-refractivity contribution is 7.00. The van der Waals surface area contributed by atoms with Crippen LogP contribution in [0.5, 0.6) is 0 Å². The summed E-state index contributed by atoms with van der Waals surface area (Å²) in [5, 5.41) is 7.23. The van der Waals surface area contributed by atoms with Crippen molar-refractivity contribution >= 4 is 123 Å². The van der Waals surface area contributed by atoms with E-state index in [9.17, 15) is 0 Å². The number of hydrogen-bond donors (Lipinski definition) is 0. The van der Waals surface area contributed by atoms with Crippen molar-refractivity contribution in [2.45, 2.75) is 97.3 Å². The summed E-state index contributed by atoms with van der Waals surface area (Å²) in [5.41, 5.74) is 40.3. The third-order valence-corrected chi connectivity index (χ3v) is 27.3. The molecule has 0 unspecified atom stereocenters. The summed E-state index contributed by atoms with van der Waals surface area (Å²) >= 11 is 0. The second kappa shape index (κ2) is 27.7. The Morgan fingerprint density at radius 3 is 0.919 bits per heavy atom. The molecule has 0 atom stereocenters. The van der Waals surface area contributed by atoms with E-state index in [1.54, 1.807) is 0 Å². The van der Waals surface area contributed by atoms with Crippen LogP contribution in [0.3, 0.4) is 0 Å². The molecule has 0 bridgehead atoms. The summed E-state index contributed by atoms with van der Waals surface area (Å²) < 4.78 is 7.61. The van der Waals surface area contributed by atoms with Crippen LogP contribution in [-0.4, -0.2) is 20.4 Å². The number of hydrogen-bond acceptors (Lipinski definition) is 2. The van der Waals surface area contributed by atoms with Crippen molar-refractivity contribution in [2.75, 3.05) is 9.80 Å². The molecule has 123 heavy (non-hydrogen) atoms. The molecule has 20 aromatic rings. The van der Waals surface area contributed by atoms with Gasteiger partial charge in [-0.3, -0.25) is 0 Å². The SMILES string of the molecule is CC(C)(C)c1cc(-c2ccc(N3c4cc(-n5c6ccc(-c7ccccc7)cc6c6cc(-c7ccccc7)ccc65)ccc4B4c5ccc(-n6c7ccc(-c8ccccc8)cc7c7cc(-c8ccccc8)ccc76)cc5N(c5ccc(-c6ccc7c(c6)C(C)(C)CC7(C)C)cc5)c5cc(-n6c7ccccc7c7ccccc76)cc3c54)cc2)cc(C(C)(C)C)c1. The van der Waals surface area contributed by atoms with E-state index in [4.69, 9.17) is 0 Å². The fourth-order valence-electron chi connectivity index (χ4n) is 21.4. The van der Waals surface area contributed by atoms with Crippen LogP contribution in [0.2, 0.25) is 0 Å². The van der Waals surface area contributed by atoms with Crippen molar-refractivity contribution in [3.8, 4) is 83.8 Å². The summed E-state index contributed by atoms with van der Waals surface area (Å²) in [4.78, 5) is 5.28. The maximum atomic E-state index is 2.64. The molecule has 0 N–H and O–H groups in total. The number of anilines is 6. The van der Waals surface area contributed by atoms with Crippen LogP contribution >= 0.6 is 0 Å². The Morgan fingerprint density at radius 1 is 0.228 bits per heavy atom. The molecule has 6 heteroatoms. The fraction of sp³-hybridized carbons (Fsp3) is 0.128. The quantitative estimate of drug-likeness (QED) is 0.120. The fourth-order valence-corrected chi connectivity index (χ4v) is 21.4. The molecule has 0 amide bonds. The molecule has 590 valence electrons. The third-order valence-electron chi connectivity index (χ3n) is 27.3. The van der Waals surface area contributed by atoms with Crippen molar-refractivity contribution in [1.82, 2.24) is 13.7 Å². The predicted octanol–water partition coefficient (Wildman–Crippen LogP) is 29.6. The first-order chi connectivity index (χ1) is 59.7. The number of para-hydroxylation sites is 2. The standard InChI is InChI=1S/C117H94BN5/c1-114(2,3)86-61-85(62-87(68-86)115(4,5)6)79-41-50-89(51-42-79)120-110-70-91(122-107-59-46-82(76-31-19-13-20-32-76)65-97(107)98-66-83(47-60-108(98)122)77-33-21-14-22-34-77)53-56-102(110)118-101-55-52-90(121-105-57-44-80(74-27-15-11-16-28-74)63-95(105)96-64-81(45-58-106(96)121)75-29-17-12-18-30-75)69-109(101)119(88-48-39-78(40-49-88)84-43-54-99-100(67-84)117(9,10)73-116(99,7)8)111-71-92(72-112(120)113(111)118)123-103-37-25-23-35-93(103)94-36-24-26-38-104(94)123/h11-72H,73H2,1-10H3. The van der Waals surface area contributed by atoms with E-state index in [0.717, 1.165) is 90.7 Å². The number of aromatic nitrogens is 3. The minimum atomic E-state index is -0.253. The average Bonchev–Trinajstić information content (AvgIpc) is 1.62. The van der Waals surface area contributed by atoms with Gasteiger partial charge in [-0.1, -0.05) is 324 Å². The van der Waals surface area contributed by atoms with Gasteiger partial charge in [0.05, 0.1) is 38.8 Å². The van der Waals surface area contributed by atoms with Crippen molar-refractivity contribution in [3.05, 3.63) is 398 Å². The molecule has 3 aromatic heterocycles. The van der Waals surface area contributed by atoms with Crippen molar-refractivity contribution in [2.24, 2.45) is 0 Å². The first kappa shape index (κ1) is 73.9. The molecule has 23 rings (SSSR count). The van der Waals surface area contributed by atoms with Crippen LogP contribution in [0.1, 0.15) is 97.9 Å². The van der Waals surface area contributed by atoms with E-state index >= 15 is 0 Å². The van der Waals surface area contributed by atoms with Crippen molar-refractivity contribution in [3.63, 3.8) is 0 Å². The molecule has 2 aliphatic heterocycles. The van der Waals surface area contributed by atoms with Gasteiger partial charge in [-0.05, 0) is 255 Å². The Hall–Kier alpha value is -14.2. The minimum Gasteiger partial charge on any atom is -0.311 e. The zero-order valence-corrected chi connectivity index (χ0v) is 71.3.